The second-order valence-corrected chi connectivity index (χ2v) is 5.68. The van der Waals surface area contributed by atoms with E-state index in [-0.39, 0.29) is 0 Å². The molecule has 24 heavy (non-hydrogen) atoms. The third-order valence-corrected chi connectivity index (χ3v) is 3.74. The van der Waals surface area contributed by atoms with Gasteiger partial charge in [0.25, 0.3) is 0 Å². The van der Waals surface area contributed by atoms with Gasteiger partial charge in [-0.15, -0.1) is 0 Å². The lowest BCUT2D eigenvalue weighted by atomic mass is 10.1. The molecule has 0 fully saturated rings. The lowest BCUT2D eigenvalue weighted by Gasteiger charge is -2.09. The molecule has 1 N–H and O–H groups in total. The van der Waals surface area contributed by atoms with Crippen LogP contribution >= 0.6 is 11.6 Å². The number of benzene rings is 3. The van der Waals surface area contributed by atoms with E-state index >= 15 is 0 Å². The molecule has 0 radical (unpaired) electrons. The molecule has 0 saturated carbocycles. The first-order valence-electron chi connectivity index (χ1n) is 7.49. The van der Waals surface area contributed by atoms with Gasteiger partial charge in [0.1, 0.15) is 11.5 Å². The fourth-order valence-corrected chi connectivity index (χ4v) is 2.31. The van der Waals surface area contributed by atoms with E-state index in [0.717, 1.165) is 22.7 Å². The monoisotopic (exact) mass is 334 g/mol. The highest BCUT2D eigenvalue weighted by molar-refractivity contribution is 6.30. The van der Waals surface area contributed by atoms with Crippen LogP contribution in [0.4, 0.5) is 5.69 Å². The zero-order valence-electron chi connectivity index (χ0n) is 12.9. The van der Waals surface area contributed by atoms with Crippen molar-refractivity contribution in [3.8, 4) is 17.6 Å². The second-order valence-electron chi connectivity index (χ2n) is 5.24. The van der Waals surface area contributed by atoms with Crippen molar-refractivity contribution in [1.29, 1.82) is 5.26 Å². The summed E-state index contributed by atoms with van der Waals surface area (Å²) in [5.74, 6) is 1.51. The molecular weight excluding hydrogens is 320 g/mol. The molecule has 0 saturated heterocycles. The smallest absolute Gasteiger partial charge is 0.127 e. The summed E-state index contributed by atoms with van der Waals surface area (Å²) in [5.41, 5.74) is 2.79. The van der Waals surface area contributed by atoms with E-state index in [4.69, 9.17) is 21.6 Å². The standard InChI is InChI=1S/C20H15ClN2O/c21-17-5-9-19(10-6-17)24-20-11-7-18(8-12-20)23-14-16-3-1-15(13-22)2-4-16/h1-12,23H,14H2. The average Bonchev–Trinajstić information content (AvgIpc) is 2.63. The largest absolute Gasteiger partial charge is 0.457 e. The molecular formula is C20H15ClN2O. The molecule has 118 valence electrons. The van der Waals surface area contributed by atoms with Crippen LogP contribution in [-0.2, 0) is 6.54 Å². The van der Waals surface area contributed by atoms with Crippen molar-refractivity contribution in [3.05, 3.63) is 88.9 Å². The highest BCUT2D eigenvalue weighted by atomic mass is 35.5. The van der Waals surface area contributed by atoms with Gasteiger partial charge in [0, 0.05) is 17.3 Å². The third kappa shape index (κ3) is 4.28. The molecule has 3 nitrogen and oxygen atoms in total. The number of hydrogen-bond acceptors (Lipinski definition) is 3. The molecule has 3 rings (SSSR count). The van der Waals surface area contributed by atoms with Gasteiger partial charge < -0.3 is 10.1 Å². The van der Waals surface area contributed by atoms with Gasteiger partial charge in [0.15, 0.2) is 0 Å². The average molecular weight is 335 g/mol. The molecule has 0 spiro atoms. The molecule has 0 unspecified atom stereocenters. The Kier molecular flexibility index (Phi) is 5.00. The van der Waals surface area contributed by atoms with Crippen LogP contribution in [0.5, 0.6) is 11.5 Å². The van der Waals surface area contributed by atoms with Crippen molar-refractivity contribution in [2.75, 3.05) is 5.32 Å². The van der Waals surface area contributed by atoms with Gasteiger partial charge in [-0.1, -0.05) is 23.7 Å². The normalized spacial score (nSPS) is 10.0. The van der Waals surface area contributed by atoms with E-state index in [1.54, 1.807) is 12.1 Å². The van der Waals surface area contributed by atoms with Crippen LogP contribution in [0.1, 0.15) is 11.1 Å². The summed E-state index contributed by atoms with van der Waals surface area (Å²) in [6.07, 6.45) is 0. The number of nitrogens with one attached hydrogen (secondary N) is 1. The van der Waals surface area contributed by atoms with Gasteiger partial charge in [0.05, 0.1) is 11.6 Å². The summed E-state index contributed by atoms with van der Waals surface area (Å²) in [5, 5.41) is 12.8. The zero-order valence-corrected chi connectivity index (χ0v) is 13.6. The molecule has 0 aromatic heterocycles. The van der Waals surface area contributed by atoms with E-state index in [0.29, 0.717) is 17.1 Å². The Morgan fingerprint density at radius 1 is 0.833 bits per heavy atom. The Hall–Kier alpha value is -2.96. The molecule has 0 bridgehead atoms. The molecule has 0 atom stereocenters. The number of anilines is 1. The highest BCUT2D eigenvalue weighted by Gasteiger charge is 1.99. The minimum atomic E-state index is 0.669. The summed E-state index contributed by atoms with van der Waals surface area (Å²) in [7, 11) is 0. The molecule has 0 aliphatic carbocycles. The maximum absolute atomic E-state index is 8.80. The van der Waals surface area contributed by atoms with E-state index in [1.165, 1.54) is 0 Å². The SMILES string of the molecule is N#Cc1ccc(CNc2ccc(Oc3ccc(Cl)cc3)cc2)cc1. The first kappa shape index (κ1) is 15.9. The fraction of sp³-hybridized carbons (Fsp3) is 0.0500. The summed E-state index contributed by atoms with van der Waals surface area (Å²) >= 11 is 5.86. The van der Waals surface area contributed by atoms with Crippen molar-refractivity contribution >= 4 is 17.3 Å². The number of halogens is 1. The van der Waals surface area contributed by atoms with Gasteiger partial charge in [0.2, 0.25) is 0 Å². The Morgan fingerprint density at radius 3 is 2.00 bits per heavy atom. The molecule has 0 amide bonds. The number of rotatable bonds is 5. The van der Waals surface area contributed by atoms with E-state index in [2.05, 4.69) is 11.4 Å². The van der Waals surface area contributed by atoms with Crippen LogP contribution in [0.3, 0.4) is 0 Å². The Morgan fingerprint density at radius 2 is 1.42 bits per heavy atom. The van der Waals surface area contributed by atoms with Gasteiger partial charge in [-0.05, 0) is 66.2 Å². The van der Waals surface area contributed by atoms with E-state index < -0.39 is 0 Å². The first-order valence-corrected chi connectivity index (χ1v) is 7.87. The Labute approximate surface area is 146 Å². The summed E-state index contributed by atoms with van der Waals surface area (Å²) in [6.45, 7) is 0.698. The van der Waals surface area contributed by atoms with Crippen LogP contribution in [0, 0.1) is 11.3 Å². The van der Waals surface area contributed by atoms with Crippen molar-refractivity contribution in [2.24, 2.45) is 0 Å². The van der Waals surface area contributed by atoms with E-state index in [9.17, 15) is 0 Å². The third-order valence-electron chi connectivity index (χ3n) is 3.48. The quantitative estimate of drug-likeness (QED) is 0.659. The number of hydrogen-bond donors (Lipinski definition) is 1. The van der Waals surface area contributed by atoms with Gasteiger partial charge in [-0.2, -0.15) is 5.26 Å². The maximum Gasteiger partial charge on any atom is 0.127 e. The minimum absolute atomic E-state index is 0.669. The predicted octanol–water partition coefficient (Wildman–Crippen LogP) is 5.62. The second kappa shape index (κ2) is 7.54. The molecule has 0 heterocycles. The highest BCUT2D eigenvalue weighted by Crippen LogP contribution is 2.24. The molecule has 3 aromatic rings. The van der Waals surface area contributed by atoms with Crippen molar-refractivity contribution < 1.29 is 4.74 Å². The molecule has 4 heteroatoms. The van der Waals surface area contributed by atoms with Crippen LogP contribution in [-0.4, -0.2) is 0 Å². The molecule has 3 aromatic carbocycles. The zero-order chi connectivity index (χ0) is 16.8. The first-order chi connectivity index (χ1) is 11.7. The van der Waals surface area contributed by atoms with Crippen LogP contribution < -0.4 is 10.1 Å². The minimum Gasteiger partial charge on any atom is -0.457 e. The lowest BCUT2D eigenvalue weighted by Crippen LogP contribution is -1.99. The fourth-order valence-electron chi connectivity index (χ4n) is 2.18. The number of nitrogens with zero attached hydrogens (tertiary/aromatic N) is 1. The van der Waals surface area contributed by atoms with E-state index in [1.807, 2.05) is 60.7 Å². The molecule has 0 aliphatic heterocycles. The maximum atomic E-state index is 8.80. The van der Waals surface area contributed by atoms with Crippen molar-refractivity contribution in [3.63, 3.8) is 0 Å². The Balaban J connectivity index is 1.57. The molecule has 0 aliphatic rings. The summed E-state index contributed by atoms with van der Waals surface area (Å²) < 4.78 is 5.76. The van der Waals surface area contributed by atoms with Crippen LogP contribution in [0.15, 0.2) is 72.8 Å². The number of ether oxygens (including phenoxy) is 1. The van der Waals surface area contributed by atoms with Crippen molar-refractivity contribution in [2.45, 2.75) is 6.54 Å². The van der Waals surface area contributed by atoms with Crippen molar-refractivity contribution in [1.82, 2.24) is 0 Å². The number of nitriles is 1. The Bertz CT molecular complexity index is 835. The summed E-state index contributed by atoms with van der Waals surface area (Å²) in [6, 6.07) is 24.7. The van der Waals surface area contributed by atoms with Crippen LogP contribution in [0.25, 0.3) is 0 Å². The van der Waals surface area contributed by atoms with Crippen LogP contribution in [0.2, 0.25) is 5.02 Å². The summed E-state index contributed by atoms with van der Waals surface area (Å²) in [4.78, 5) is 0. The lowest BCUT2D eigenvalue weighted by molar-refractivity contribution is 0.483. The van der Waals surface area contributed by atoms with Gasteiger partial charge in [-0.3, -0.25) is 0 Å². The van der Waals surface area contributed by atoms with Gasteiger partial charge in [-0.25, -0.2) is 0 Å². The topological polar surface area (TPSA) is 45.0 Å². The van der Waals surface area contributed by atoms with Gasteiger partial charge >= 0.3 is 0 Å². The predicted molar refractivity (Wildman–Crippen MR) is 96.5 cm³/mol.